The fraction of sp³-hybridized carbons (Fsp3) is 0.0909. The number of aryl methyl sites for hydroxylation is 1. The maximum atomic E-state index is 13.8. The van der Waals surface area contributed by atoms with Crippen molar-refractivity contribution in [1.82, 2.24) is 29.9 Å². The van der Waals surface area contributed by atoms with Crippen molar-refractivity contribution in [1.29, 1.82) is 10.5 Å². The molecule has 164 valence electrons. The van der Waals surface area contributed by atoms with Gasteiger partial charge in [-0.05, 0) is 24.6 Å². The number of halogens is 3. The fourth-order valence-electron chi connectivity index (χ4n) is 3.67. The molecule has 3 aromatic heterocycles. The van der Waals surface area contributed by atoms with Gasteiger partial charge in [0.25, 0.3) is 11.6 Å². The molecule has 5 aromatic rings. The summed E-state index contributed by atoms with van der Waals surface area (Å²) in [6.07, 6.45) is -4.74. The number of nitrogens with zero attached hydrogens (tertiary/aromatic N) is 10. The second-order valence-electron chi connectivity index (χ2n) is 7.23. The average Bonchev–Trinajstić information content (AvgIpc) is 2.85. The first-order valence-corrected chi connectivity index (χ1v) is 9.50. The van der Waals surface area contributed by atoms with E-state index in [2.05, 4.69) is 39.6 Å². The molecule has 0 amide bonds. The number of hydrogen-bond donors (Lipinski definition) is 0. The van der Waals surface area contributed by atoms with Crippen LogP contribution in [0.25, 0.3) is 53.8 Å². The van der Waals surface area contributed by atoms with Gasteiger partial charge >= 0.3 is 6.18 Å². The minimum atomic E-state index is -4.74. The second-order valence-corrected chi connectivity index (χ2v) is 7.23. The van der Waals surface area contributed by atoms with Crippen molar-refractivity contribution >= 4 is 55.8 Å². The van der Waals surface area contributed by atoms with Gasteiger partial charge in [-0.15, -0.1) is 9.97 Å². The summed E-state index contributed by atoms with van der Waals surface area (Å²) in [5, 5.41) is 18.8. The number of rotatable bonds is 0. The lowest BCUT2D eigenvalue weighted by Gasteiger charge is -2.12. The zero-order valence-corrected chi connectivity index (χ0v) is 17.3. The molecule has 13 heteroatoms. The van der Waals surface area contributed by atoms with E-state index in [-0.39, 0.29) is 67.2 Å². The summed E-state index contributed by atoms with van der Waals surface area (Å²) in [7, 11) is 0. The molecule has 0 radical (unpaired) electrons. The minimum absolute atomic E-state index is 0.0458. The number of hydrogen-bond acceptors (Lipinski definition) is 8. The Bertz CT molecular complexity index is 1950. The Morgan fingerprint density at radius 3 is 1.63 bits per heavy atom. The molecular weight excluding hydrogens is 461 g/mol. The van der Waals surface area contributed by atoms with Crippen LogP contribution in [0.4, 0.5) is 24.8 Å². The monoisotopic (exact) mass is 466 g/mol. The molecule has 0 saturated carbocycles. The Morgan fingerprint density at radius 2 is 1.17 bits per heavy atom. The minimum Gasteiger partial charge on any atom is -0.370 e. The van der Waals surface area contributed by atoms with E-state index in [0.29, 0.717) is 0 Å². The van der Waals surface area contributed by atoms with E-state index in [1.165, 1.54) is 13.0 Å². The highest BCUT2D eigenvalue weighted by atomic mass is 19.4. The van der Waals surface area contributed by atoms with Gasteiger partial charge < -0.3 is 9.69 Å². The molecule has 0 N–H and O–H groups in total. The maximum Gasteiger partial charge on any atom is 0.418 e. The SMILES string of the molecule is [C-]#[N+]c1nc2c3nc(C#N)c(C#N)nc3c3nc4c(C(F)(F)F)cc(C)cc4nc3c2nc1[N+]#[C-]. The van der Waals surface area contributed by atoms with Crippen LogP contribution in [0.2, 0.25) is 0 Å². The number of fused-ring (bicyclic) bond motifs is 7. The van der Waals surface area contributed by atoms with Crippen molar-refractivity contribution in [2.24, 2.45) is 0 Å². The molecule has 0 atom stereocenters. The molecular formula is C22H5F3N10. The van der Waals surface area contributed by atoms with Crippen LogP contribution in [-0.4, -0.2) is 29.9 Å². The van der Waals surface area contributed by atoms with Gasteiger partial charge in [0.1, 0.15) is 39.7 Å². The Balaban J connectivity index is 2.14. The van der Waals surface area contributed by atoms with E-state index in [4.69, 9.17) is 13.1 Å². The predicted molar refractivity (Wildman–Crippen MR) is 115 cm³/mol. The highest BCUT2D eigenvalue weighted by molar-refractivity contribution is 6.19. The first kappa shape index (κ1) is 21.3. The van der Waals surface area contributed by atoms with Crippen molar-refractivity contribution in [3.05, 3.63) is 57.5 Å². The Labute approximate surface area is 192 Å². The Kier molecular flexibility index (Phi) is 4.41. The summed E-state index contributed by atoms with van der Waals surface area (Å²) in [6, 6.07) is 5.80. The smallest absolute Gasteiger partial charge is 0.370 e. The molecule has 10 nitrogen and oxygen atoms in total. The van der Waals surface area contributed by atoms with Crippen molar-refractivity contribution in [2.45, 2.75) is 13.1 Å². The topological polar surface area (TPSA) is 134 Å². The van der Waals surface area contributed by atoms with Gasteiger partial charge in [-0.2, -0.15) is 23.7 Å². The number of benzene rings is 2. The van der Waals surface area contributed by atoms with E-state index in [1.807, 2.05) is 0 Å². The Hall–Kier alpha value is -5.53. The largest absolute Gasteiger partial charge is 0.418 e. The third kappa shape index (κ3) is 3.08. The van der Waals surface area contributed by atoms with E-state index >= 15 is 0 Å². The van der Waals surface area contributed by atoms with Crippen LogP contribution in [-0.2, 0) is 6.18 Å². The lowest BCUT2D eigenvalue weighted by molar-refractivity contribution is -0.136. The lowest BCUT2D eigenvalue weighted by atomic mass is 10.1. The van der Waals surface area contributed by atoms with Gasteiger partial charge in [0.2, 0.25) is 11.0 Å². The summed E-state index contributed by atoms with van der Waals surface area (Å²) in [6.45, 7) is 16.1. The summed E-state index contributed by atoms with van der Waals surface area (Å²) >= 11 is 0. The maximum absolute atomic E-state index is 13.8. The third-order valence-electron chi connectivity index (χ3n) is 5.07. The average molecular weight is 466 g/mol. The van der Waals surface area contributed by atoms with Gasteiger partial charge in [0.15, 0.2) is 11.4 Å². The molecule has 35 heavy (non-hydrogen) atoms. The number of nitriles is 2. The second kappa shape index (κ2) is 7.24. The van der Waals surface area contributed by atoms with Gasteiger partial charge in [0.05, 0.1) is 11.1 Å². The summed E-state index contributed by atoms with van der Waals surface area (Å²) in [5.74, 6) is -0.695. The van der Waals surface area contributed by atoms with Crippen molar-refractivity contribution < 1.29 is 13.2 Å². The van der Waals surface area contributed by atoms with Crippen LogP contribution < -0.4 is 0 Å². The molecule has 3 heterocycles. The predicted octanol–water partition coefficient (Wildman–Crippen LogP) is 4.84. The molecule has 0 unspecified atom stereocenters. The highest BCUT2D eigenvalue weighted by Gasteiger charge is 2.35. The normalized spacial score (nSPS) is 11.3. The number of aromatic nitrogens is 6. The van der Waals surface area contributed by atoms with Crippen LogP contribution in [0.15, 0.2) is 12.1 Å². The number of alkyl halides is 3. The molecule has 5 rings (SSSR count). The van der Waals surface area contributed by atoms with Crippen molar-refractivity contribution in [3.8, 4) is 12.1 Å². The molecule has 0 fully saturated rings. The fourth-order valence-corrected chi connectivity index (χ4v) is 3.67. The molecule has 2 aromatic carbocycles. The van der Waals surface area contributed by atoms with E-state index < -0.39 is 17.3 Å². The van der Waals surface area contributed by atoms with Gasteiger partial charge in [-0.3, -0.25) is 0 Å². The first-order chi connectivity index (χ1) is 16.7. The Morgan fingerprint density at radius 1 is 0.714 bits per heavy atom. The van der Waals surface area contributed by atoms with E-state index in [1.54, 1.807) is 12.1 Å². The molecule has 0 saturated heterocycles. The lowest BCUT2D eigenvalue weighted by Crippen LogP contribution is -2.08. The molecule has 0 spiro atoms. The zero-order valence-electron chi connectivity index (χ0n) is 17.3. The third-order valence-corrected chi connectivity index (χ3v) is 5.07. The summed E-state index contributed by atoms with van der Waals surface area (Å²) < 4.78 is 41.4. The van der Waals surface area contributed by atoms with Crippen LogP contribution in [0, 0.1) is 42.7 Å². The van der Waals surface area contributed by atoms with Crippen LogP contribution >= 0.6 is 0 Å². The molecule has 0 aliphatic heterocycles. The van der Waals surface area contributed by atoms with Crippen molar-refractivity contribution in [2.75, 3.05) is 0 Å². The van der Waals surface area contributed by atoms with Crippen LogP contribution in [0.5, 0.6) is 0 Å². The van der Waals surface area contributed by atoms with Crippen LogP contribution in [0.1, 0.15) is 22.5 Å². The summed E-state index contributed by atoms with van der Waals surface area (Å²) in [4.78, 5) is 31.5. The standard InChI is InChI=1S/C22H5F3N10/c1-8-4-9(22(23,24)25)13-10(5-8)30-16-17(33-13)14-15(32-12(7-27)11(6-26)31-14)18-19(16)35-21(29-3)20(28-2)34-18/h4-5H,1H3. The van der Waals surface area contributed by atoms with Gasteiger partial charge in [-0.1, -0.05) is 13.1 Å². The van der Waals surface area contributed by atoms with Gasteiger partial charge in [-0.25, -0.2) is 19.9 Å². The first-order valence-electron chi connectivity index (χ1n) is 9.50. The molecule has 0 bridgehead atoms. The molecule has 0 aliphatic rings. The van der Waals surface area contributed by atoms with Gasteiger partial charge in [0, 0.05) is 0 Å². The zero-order chi connectivity index (χ0) is 25.1. The van der Waals surface area contributed by atoms with Crippen LogP contribution in [0.3, 0.4) is 0 Å². The summed E-state index contributed by atoms with van der Waals surface area (Å²) in [5.41, 5.74) is -2.62. The van der Waals surface area contributed by atoms with E-state index in [0.717, 1.165) is 6.07 Å². The molecule has 0 aliphatic carbocycles. The quantitative estimate of drug-likeness (QED) is 0.180. The van der Waals surface area contributed by atoms with Crippen molar-refractivity contribution in [3.63, 3.8) is 0 Å². The van der Waals surface area contributed by atoms with E-state index in [9.17, 15) is 23.7 Å². The highest BCUT2D eigenvalue weighted by Crippen LogP contribution is 2.38.